The van der Waals surface area contributed by atoms with Gasteiger partial charge in [-0.15, -0.1) is 0 Å². The number of hydrogen-bond donors (Lipinski definition) is 2. The molecule has 3 atom stereocenters. The van der Waals surface area contributed by atoms with E-state index in [2.05, 4.69) is 50.4 Å². The highest BCUT2D eigenvalue weighted by Gasteiger charge is 2.52. The van der Waals surface area contributed by atoms with Gasteiger partial charge in [0, 0.05) is 20.0 Å². The van der Waals surface area contributed by atoms with Gasteiger partial charge < -0.3 is 19.9 Å². The fourth-order valence-corrected chi connectivity index (χ4v) is 4.50. The second-order valence-corrected chi connectivity index (χ2v) is 9.43. The predicted octanol–water partition coefficient (Wildman–Crippen LogP) is 3.28. The van der Waals surface area contributed by atoms with Crippen molar-refractivity contribution in [3.8, 4) is 0 Å². The van der Waals surface area contributed by atoms with Crippen LogP contribution >= 0.6 is 0 Å². The first kappa shape index (κ1) is 23.3. The molecule has 2 rings (SSSR count). The Balaban J connectivity index is 2.02. The molecule has 28 heavy (non-hydrogen) atoms. The fraction of sp³-hybridized carbons (Fsp3) is 0.950. The third kappa shape index (κ3) is 4.94. The van der Waals surface area contributed by atoms with Gasteiger partial charge in [-0.3, -0.25) is 4.79 Å². The topological polar surface area (TPSA) is 89.0 Å². The minimum atomic E-state index is -0.599. The smallest absolute Gasteiger partial charge is 0.403 e. The molecule has 2 aliphatic heterocycles. The van der Waals surface area contributed by atoms with Gasteiger partial charge in [-0.25, -0.2) is 0 Å². The fourth-order valence-electron chi connectivity index (χ4n) is 4.50. The van der Waals surface area contributed by atoms with Crippen LogP contribution in [0, 0.1) is 10.8 Å². The first-order valence-corrected chi connectivity index (χ1v) is 10.8. The molecule has 2 aliphatic rings. The lowest BCUT2D eigenvalue weighted by molar-refractivity contribution is -0.121. The van der Waals surface area contributed by atoms with Crippen LogP contribution in [-0.4, -0.2) is 48.9 Å². The largest absolute Gasteiger partial charge is 0.457 e. The highest BCUT2D eigenvalue weighted by Crippen LogP contribution is 2.39. The van der Waals surface area contributed by atoms with Crippen LogP contribution < -0.4 is 10.6 Å². The maximum Gasteiger partial charge on any atom is 0.457 e. The van der Waals surface area contributed by atoms with Crippen molar-refractivity contribution < 1.29 is 14.1 Å². The third-order valence-corrected chi connectivity index (χ3v) is 6.79. The molecule has 0 unspecified atom stereocenters. The summed E-state index contributed by atoms with van der Waals surface area (Å²) in [6, 6.07) is -0.409. The van der Waals surface area contributed by atoms with Gasteiger partial charge in [0.15, 0.2) is 0 Å². The van der Waals surface area contributed by atoms with Gasteiger partial charge in [-0.1, -0.05) is 31.4 Å². The van der Waals surface area contributed by atoms with Gasteiger partial charge in [0.1, 0.15) is 6.04 Å². The number of nitrogens with zero attached hydrogens (tertiary/aromatic N) is 1. The number of carbonyl (C=O) groups is 1. The summed E-state index contributed by atoms with van der Waals surface area (Å²) in [5.74, 6) is 0.0585. The van der Waals surface area contributed by atoms with Crippen LogP contribution in [0.2, 0.25) is 6.32 Å². The standard InChI is InChI=1S/C20H38BN3O4/c1-7-8-11-17(24-26)20(23-15(2)25)14-22-13-16(20)10-9-12-21-27-18(3,4)19(5,6)28-21/h16-17,22H,7-14H2,1-6H3,(H,23,25)/t16-,17-,20-/m0/s1. The molecule has 0 radical (unpaired) electrons. The summed E-state index contributed by atoms with van der Waals surface area (Å²) in [6.45, 7) is 13.2. The molecule has 1 amide bonds. The number of nitrogens with one attached hydrogen (secondary N) is 2. The number of rotatable bonds is 10. The highest BCUT2D eigenvalue weighted by atomic mass is 16.7. The summed E-state index contributed by atoms with van der Waals surface area (Å²) >= 11 is 0. The SMILES string of the molecule is CCCC[C@H](N=O)[C@]1(NC(C)=O)CNC[C@@H]1CCCB1OC(C)(C)C(C)(C)O1. The lowest BCUT2D eigenvalue weighted by atomic mass is 9.74. The lowest BCUT2D eigenvalue weighted by Crippen LogP contribution is -2.61. The van der Waals surface area contributed by atoms with Crippen LogP contribution in [0.15, 0.2) is 5.18 Å². The molecule has 0 aromatic heterocycles. The Morgan fingerprint density at radius 2 is 1.89 bits per heavy atom. The van der Waals surface area contributed by atoms with E-state index in [1.54, 1.807) is 0 Å². The van der Waals surface area contributed by atoms with Gasteiger partial charge in [0.25, 0.3) is 0 Å². The van der Waals surface area contributed by atoms with Crippen LogP contribution in [-0.2, 0) is 14.1 Å². The summed E-state index contributed by atoms with van der Waals surface area (Å²) in [5.41, 5.74) is -1.24. The van der Waals surface area contributed by atoms with E-state index in [9.17, 15) is 9.70 Å². The van der Waals surface area contributed by atoms with E-state index in [0.29, 0.717) is 13.0 Å². The van der Waals surface area contributed by atoms with Crippen LogP contribution in [0.25, 0.3) is 0 Å². The van der Waals surface area contributed by atoms with E-state index >= 15 is 0 Å². The average Bonchev–Trinajstić information content (AvgIpc) is 3.06. The average molecular weight is 395 g/mol. The maximum absolute atomic E-state index is 11.9. The zero-order valence-electron chi connectivity index (χ0n) is 18.5. The van der Waals surface area contributed by atoms with E-state index in [4.69, 9.17) is 9.31 Å². The Bertz CT molecular complexity index is 542. The minimum Gasteiger partial charge on any atom is -0.403 e. The zero-order valence-corrected chi connectivity index (χ0v) is 18.5. The van der Waals surface area contributed by atoms with E-state index < -0.39 is 11.6 Å². The van der Waals surface area contributed by atoms with Crippen molar-refractivity contribution in [2.75, 3.05) is 13.1 Å². The van der Waals surface area contributed by atoms with Crippen molar-refractivity contribution in [2.24, 2.45) is 11.1 Å². The molecule has 160 valence electrons. The van der Waals surface area contributed by atoms with Crippen LogP contribution in [0.4, 0.5) is 0 Å². The Labute approximate surface area is 170 Å². The minimum absolute atomic E-state index is 0.107. The molecule has 0 aliphatic carbocycles. The predicted molar refractivity (Wildman–Crippen MR) is 112 cm³/mol. The normalized spacial score (nSPS) is 29.6. The molecule has 7 nitrogen and oxygen atoms in total. The summed E-state index contributed by atoms with van der Waals surface area (Å²) < 4.78 is 12.2. The molecule has 2 N–H and O–H groups in total. The van der Waals surface area contributed by atoms with Crippen LogP contribution in [0.1, 0.15) is 73.6 Å². The molecule has 0 saturated carbocycles. The summed E-state index contributed by atoms with van der Waals surface area (Å²) in [6.07, 6.45) is 5.23. The number of nitroso groups, excluding NO2 is 1. The Kier molecular flexibility index (Phi) is 7.67. The van der Waals surface area contributed by atoms with Gasteiger partial charge in [0.2, 0.25) is 5.91 Å². The van der Waals surface area contributed by atoms with Gasteiger partial charge >= 0.3 is 7.12 Å². The number of carbonyl (C=O) groups excluding carboxylic acids is 1. The maximum atomic E-state index is 11.9. The van der Waals surface area contributed by atoms with Crippen LogP contribution in [0.5, 0.6) is 0 Å². The van der Waals surface area contributed by atoms with Gasteiger partial charge in [0.05, 0.1) is 16.7 Å². The van der Waals surface area contributed by atoms with E-state index in [1.165, 1.54) is 6.92 Å². The molecule has 2 fully saturated rings. The van der Waals surface area contributed by atoms with Crippen molar-refractivity contribution >= 4 is 13.0 Å². The first-order chi connectivity index (χ1) is 13.1. The zero-order chi connectivity index (χ0) is 21.0. The number of unbranched alkanes of at least 4 members (excludes halogenated alkanes) is 1. The molecule has 8 heteroatoms. The van der Waals surface area contributed by atoms with E-state index in [1.807, 2.05) is 0 Å². The quantitative estimate of drug-likeness (QED) is 0.438. The van der Waals surface area contributed by atoms with Crippen molar-refractivity contribution in [1.82, 2.24) is 10.6 Å². The summed E-state index contributed by atoms with van der Waals surface area (Å²) in [5, 5.41) is 9.95. The Morgan fingerprint density at radius 3 is 2.43 bits per heavy atom. The number of amides is 1. The molecule has 0 spiro atoms. The second-order valence-electron chi connectivity index (χ2n) is 9.43. The Hall–Kier alpha value is -0.985. The number of hydrogen-bond acceptors (Lipinski definition) is 6. The Morgan fingerprint density at radius 1 is 1.25 bits per heavy atom. The van der Waals surface area contributed by atoms with Gasteiger partial charge in [-0.05, 0) is 52.8 Å². The van der Waals surface area contributed by atoms with Crippen molar-refractivity contribution in [3.63, 3.8) is 0 Å². The lowest BCUT2D eigenvalue weighted by Gasteiger charge is -2.39. The van der Waals surface area contributed by atoms with Crippen molar-refractivity contribution in [2.45, 2.75) is 103 Å². The summed E-state index contributed by atoms with van der Waals surface area (Å²) in [7, 11) is -0.213. The van der Waals surface area contributed by atoms with Crippen LogP contribution in [0.3, 0.4) is 0 Å². The second kappa shape index (κ2) is 9.22. The van der Waals surface area contributed by atoms with Crippen molar-refractivity contribution in [1.29, 1.82) is 0 Å². The molecule has 0 aromatic carbocycles. The first-order valence-electron chi connectivity index (χ1n) is 10.8. The van der Waals surface area contributed by atoms with E-state index in [-0.39, 0.29) is 30.1 Å². The monoisotopic (exact) mass is 395 g/mol. The van der Waals surface area contributed by atoms with E-state index in [0.717, 1.165) is 38.5 Å². The molecular formula is C20H38BN3O4. The molecule has 0 bridgehead atoms. The van der Waals surface area contributed by atoms with Crippen molar-refractivity contribution in [3.05, 3.63) is 4.91 Å². The molecule has 0 aromatic rings. The molecule has 2 heterocycles. The molecular weight excluding hydrogens is 357 g/mol. The summed E-state index contributed by atoms with van der Waals surface area (Å²) in [4.78, 5) is 23.6. The molecule has 2 saturated heterocycles. The highest BCUT2D eigenvalue weighted by molar-refractivity contribution is 6.45. The van der Waals surface area contributed by atoms with Gasteiger partial charge in [-0.2, -0.15) is 4.91 Å². The third-order valence-electron chi connectivity index (χ3n) is 6.79.